The summed E-state index contributed by atoms with van der Waals surface area (Å²) >= 11 is 4.49. The van der Waals surface area contributed by atoms with Crippen molar-refractivity contribution in [3.8, 4) is 0 Å². The molecule has 1 unspecified atom stereocenters. The standard InChI is InChI=1S/C4H5F3N4S/c1-2(4(5,6)7)11-3(12)8-9-10-11/h2H,1H3,(H,8,10,12). The molecule has 4 nitrogen and oxygen atoms in total. The second-order valence-electron chi connectivity index (χ2n) is 2.17. The SMILES string of the molecule is CC(n1[nH]nnc1=S)C(F)(F)F. The minimum absolute atomic E-state index is 0.208. The van der Waals surface area contributed by atoms with E-state index in [4.69, 9.17) is 0 Å². The van der Waals surface area contributed by atoms with Gasteiger partial charge in [0.1, 0.15) is 6.04 Å². The van der Waals surface area contributed by atoms with Gasteiger partial charge in [-0.25, -0.2) is 4.68 Å². The molecule has 0 aliphatic carbocycles. The van der Waals surface area contributed by atoms with Crippen molar-refractivity contribution >= 4 is 12.2 Å². The summed E-state index contributed by atoms with van der Waals surface area (Å²) in [5.74, 6) is 0. The molecule has 0 bridgehead atoms. The van der Waals surface area contributed by atoms with Crippen molar-refractivity contribution in [1.82, 2.24) is 20.2 Å². The summed E-state index contributed by atoms with van der Waals surface area (Å²) in [6.45, 7) is 0.968. The Labute approximate surface area is 70.4 Å². The van der Waals surface area contributed by atoms with Crippen molar-refractivity contribution in [2.45, 2.75) is 19.1 Å². The molecule has 0 spiro atoms. The van der Waals surface area contributed by atoms with Crippen LogP contribution in [0.25, 0.3) is 0 Å². The Hall–Kier alpha value is -0.920. The van der Waals surface area contributed by atoms with Crippen LogP contribution in [-0.4, -0.2) is 26.4 Å². The molecule has 1 aromatic rings. The first-order valence-electron chi connectivity index (χ1n) is 2.99. The maximum Gasteiger partial charge on any atom is 0.410 e. The second kappa shape index (κ2) is 2.85. The Balaban J connectivity index is 3.01. The molecule has 0 saturated heterocycles. The van der Waals surface area contributed by atoms with E-state index in [9.17, 15) is 13.2 Å². The third kappa shape index (κ3) is 1.63. The molecule has 0 radical (unpaired) electrons. The van der Waals surface area contributed by atoms with Crippen LogP contribution in [0.15, 0.2) is 0 Å². The fourth-order valence-electron chi connectivity index (χ4n) is 0.603. The van der Waals surface area contributed by atoms with Crippen LogP contribution in [0.5, 0.6) is 0 Å². The van der Waals surface area contributed by atoms with E-state index in [0.29, 0.717) is 4.68 Å². The van der Waals surface area contributed by atoms with Crippen LogP contribution in [0.2, 0.25) is 0 Å². The van der Waals surface area contributed by atoms with Crippen molar-refractivity contribution in [2.24, 2.45) is 0 Å². The van der Waals surface area contributed by atoms with Crippen LogP contribution in [0, 0.1) is 4.77 Å². The highest BCUT2D eigenvalue weighted by Gasteiger charge is 2.38. The van der Waals surface area contributed by atoms with Gasteiger partial charge in [-0.15, -0.1) is 0 Å². The van der Waals surface area contributed by atoms with Crippen molar-refractivity contribution in [2.75, 3.05) is 0 Å². The highest BCUT2D eigenvalue weighted by Crippen LogP contribution is 2.28. The van der Waals surface area contributed by atoms with E-state index in [1.807, 2.05) is 5.21 Å². The molecule has 68 valence electrons. The zero-order valence-corrected chi connectivity index (χ0v) is 6.78. The van der Waals surface area contributed by atoms with Gasteiger partial charge in [-0.1, -0.05) is 10.3 Å². The van der Waals surface area contributed by atoms with E-state index in [1.54, 1.807) is 0 Å². The minimum Gasteiger partial charge on any atom is -0.230 e. The summed E-state index contributed by atoms with van der Waals surface area (Å²) in [7, 11) is 0. The van der Waals surface area contributed by atoms with Crippen LogP contribution in [0.1, 0.15) is 13.0 Å². The van der Waals surface area contributed by atoms with Crippen LogP contribution in [0.3, 0.4) is 0 Å². The lowest BCUT2D eigenvalue weighted by molar-refractivity contribution is -0.165. The van der Waals surface area contributed by atoms with Crippen molar-refractivity contribution in [3.05, 3.63) is 4.77 Å². The number of nitrogens with one attached hydrogen (secondary N) is 1. The van der Waals surface area contributed by atoms with Gasteiger partial charge >= 0.3 is 6.18 Å². The molecule has 0 aliphatic heterocycles. The Kier molecular flexibility index (Phi) is 2.18. The number of hydrogen-bond acceptors (Lipinski definition) is 3. The molecule has 1 rings (SSSR count). The number of halogens is 3. The molecule has 0 amide bonds. The van der Waals surface area contributed by atoms with Crippen LogP contribution in [-0.2, 0) is 0 Å². The summed E-state index contributed by atoms with van der Waals surface area (Å²) < 4.78 is 36.6. The maximum atomic E-state index is 12.0. The molecule has 0 aliphatic rings. The van der Waals surface area contributed by atoms with Crippen LogP contribution >= 0.6 is 12.2 Å². The Morgan fingerprint density at radius 2 is 2.17 bits per heavy atom. The molecule has 1 atom stereocenters. The summed E-state index contributed by atoms with van der Waals surface area (Å²) in [4.78, 5) is 0. The number of rotatable bonds is 1. The van der Waals surface area contributed by atoms with Gasteiger partial charge in [0.15, 0.2) is 0 Å². The molecule has 0 fully saturated rings. The third-order valence-corrected chi connectivity index (χ3v) is 1.63. The molecule has 0 aromatic carbocycles. The molecular formula is C4H5F3N4S. The van der Waals surface area contributed by atoms with E-state index in [1.165, 1.54) is 0 Å². The molecular weight excluding hydrogens is 193 g/mol. The number of H-pyrrole nitrogens is 1. The summed E-state index contributed by atoms with van der Waals surface area (Å²) in [5.41, 5.74) is 0. The normalized spacial score (nSPS) is 14.7. The fourth-order valence-corrected chi connectivity index (χ4v) is 0.843. The molecule has 0 saturated carbocycles. The highest BCUT2D eigenvalue weighted by molar-refractivity contribution is 7.71. The maximum absolute atomic E-state index is 12.0. The molecule has 1 N–H and O–H groups in total. The van der Waals surface area contributed by atoms with Gasteiger partial charge in [0.25, 0.3) is 0 Å². The Bertz CT molecular complexity index is 313. The van der Waals surface area contributed by atoms with E-state index in [2.05, 4.69) is 22.5 Å². The Morgan fingerprint density at radius 3 is 2.50 bits per heavy atom. The van der Waals surface area contributed by atoms with Crippen molar-refractivity contribution < 1.29 is 13.2 Å². The van der Waals surface area contributed by atoms with Gasteiger partial charge in [-0.05, 0) is 19.1 Å². The number of alkyl halides is 3. The first kappa shape index (κ1) is 9.17. The van der Waals surface area contributed by atoms with E-state index < -0.39 is 12.2 Å². The lowest BCUT2D eigenvalue weighted by Crippen LogP contribution is -2.24. The summed E-state index contributed by atoms with van der Waals surface area (Å²) in [6, 6.07) is -1.72. The van der Waals surface area contributed by atoms with E-state index in [0.717, 1.165) is 6.92 Å². The zero-order valence-electron chi connectivity index (χ0n) is 5.96. The van der Waals surface area contributed by atoms with Crippen LogP contribution < -0.4 is 0 Å². The fraction of sp³-hybridized carbons (Fsp3) is 0.750. The second-order valence-corrected chi connectivity index (χ2v) is 2.54. The topological polar surface area (TPSA) is 46.5 Å². The predicted molar refractivity (Wildman–Crippen MR) is 36.0 cm³/mol. The molecule has 1 heterocycles. The summed E-state index contributed by atoms with van der Waals surface area (Å²) in [5, 5.41) is 8.41. The van der Waals surface area contributed by atoms with Gasteiger partial charge in [0.2, 0.25) is 4.77 Å². The predicted octanol–water partition coefficient (Wildman–Crippen LogP) is 1.46. The van der Waals surface area contributed by atoms with Gasteiger partial charge in [-0.3, -0.25) is 0 Å². The lowest BCUT2D eigenvalue weighted by atomic mass is 10.3. The number of tetrazole rings is 1. The average molecular weight is 198 g/mol. The molecule has 12 heavy (non-hydrogen) atoms. The monoisotopic (exact) mass is 198 g/mol. The highest BCUT2D eigenvalue weighted by atomic mass is 32.1. The average Bonchev–Trinajstić information content (AvgIpc) is 2.31. The zero-order chi connectivity index (χ0) is 9.35. The first-order valence-corrected chi connectivity index (χ1v) is 3.40. The smallest absolute Gasteiger partial charge is 0.230 e. The van der Waals surface area contributed by atoms with Crippen molar-refractivity contribution in [3.63, 3.8) is 0 Å². The van der Waals surface area contributed by atoms with Gasteiger partial charge in [0.05, 0.1) is 0 Å². The molecule has 1 aromatic heterocycles. The lowest BCUT2D eigenvalue weighted by Gasteiger charge is -2.14. The van der Waals surface area contributed by atoms with Crippen molar-refractivity contribution in [1.29, 1.82) is 0 Å². The van der Waals surface area contributed by atoms with E-state index >= 15 is 0 Å². The quantitative estimate of drug-likeness (QED) is 0.695. The van der Waals surface area contributed by atoms with Gasteiger partial charge in [-0.2, -0.15) is 18.4 Å². The Morgan fingerprint density at radius 1 is 1.58 bits per heavy atom. The molecule has 8 heteroatoms. The third-order valence-electron chi connectivity index (χ3n) is 1.36. The first-order chi connectivity index (χ1) is 5.43. The van der Waals surface area contributed by atoms with Gasteiger partial charge < -0.3 is 0 Å². The minimum atomic E-state index is -4.34. The number of hydrogen-bond donors (Lipinski definition) is 1. The largest absolute Gasteiger partial charge is 0.410 e. The number of aromatic amines is 1. The number of nitrogens with zero attached hydrogens (tertiary/aromatic N) is 3. The van der Waals surface area contributed by atoms with Gasteiger partial charge in [0, 0.05) is 0 Å². The summed E-state index contributed by atoms with van der Waals surface area (Å²) in [6.07, 6.45) is -4.34. The van der Waals surface area contributed by atoms with E-state index in [-0.39, 0.29) is 4.77 Å². The number of aromatic nitrogens is 4. The van der Waals surface area contributed by atoms with Crippen LogP contribution in [0.4, 0.5) is 13.2 Å².